The highest BCUT2D eigenvalue weighted by Gasteiger charge is 2.39. The van der Waals surface area contributed by atoms with Gasteiger partial charge in [0.15, 0.2) is 0 Å². The van der Waals surface area contributed by atoms with E-state index in [-0.39, 0.29) is 5.54 Å². The summed E-state index contributed by atoms with van der Waals surface area (Å²) in [5, 5.41) is 0. The van der Waals surface area contributed by atoms with Crippen molar-refractivity contribution in [1.29, 1.82) is 0 Å². The molecule has 4 heteroatoms. The van der Waals surface area contributed by atoms with Crippen LogP contribution in [0.5, 0.6) is 0 Å². The van der Waals surface area contributed by atoms with Crippen molar-refractivity contribution < 1.29 is 8.42 Å². The van der Waals surface area contributed by atoms with Crippen LogP contribution in [0.3, 0.4) is 0 Å². The Bertz CT molecular complexity index is 230. The van der Waals surface area contributed by atoms with E-state index >= 15 is 0 Å². The van der Waals surface area contributed by atoms with Gasteiger partial charge in [0.1, 0.15) is 0 Å². The second-order valence-corrected chi connectivity index (χ2v) is 5.47. The molecular weight excluding hydrogens is 150 g/mol. The zero-order chi connectivity index (χ0) is 7.99. The van der Waals surface area contributed by atoms with Crippen LogP contribution in [0.2, 0.25) is 0 Å². The lowest BCUT2D eigenvalue weighted by atomic mass is 10.0. The normalized spacial score (nSPS) is 30.7. The Morgan fingerprint density at radius 2 is 1.90 bits per heavy atom. The molecule has 0 aromatic carbocycles. The van der Waals surface area contributed by atoms with Gasteiger partial charge in [0.25, 0.3) is 0 Å². The van der Waals surface area contributed by atoms with Crippen molar-refractivity contribution in [3.8, 4) is 0 Å². The average Bonchev–Trinajstić information content (AvgIpc) is 1.95. The van der Waals surface area contributed by atoms with Crippen molar-refractivity contribution in [2.24, 2.45) is 0 Å². The Kier molecular flexibility index (Phi) is 1.56. The molecule has 0 unspecified atom stereocenters. The van der Waals surface area contributed by atoms with Crippen molar-refractivity contribution in [2.75, 3.05) is 12.8 Å². The van der Waals surface area contributed by atoms with Crippen LogP contribution >= 0.6 is 0 Å². The summed E-state index contributed by atoms with van der Waals surface area (Å²) in [6.45, 7) is 3.88. The molecule has 1 aliphatic heterocycles. The lowest BCUT2D eigenvalue weighted by molar-refractivity contribution is 0.289. The summed E-state index contributed by atoms with van der Waals surface area (Å²) in [4.78, 5) is 0. The van der Waals surface area contributed by atoms with Gasteiger partial charge in [-0.15, -0.1) is 0 Å². The Morgan fingerprint density at radius 3 is 2.00 bits per heavy atom. The van der Waals surface area contributed by atoms with E-state index in [4.69, 9.17) is 0 Å². The van der Waals surface area contributed by atoms with Crippen LogP contribution in [0.1, 0.15) is 20.3 Å². The van der Waals surface area contributed by atoms with E-state index in [9.17, 15) is 8.42 Å². The molecule has 1 aliphatic rings. The van der Waals surface area contributed by atoms with E-state index in [1.165, 1.54) is 4.31 Å². The zero-order valence-corrected chi connectivity index (χ0v) is 7.40. The van der Waals surface area contributed by atoms with Crippen LogP contribution in [-0.4, -0.2) is 31.1 Å². The standard InChI is InChI=1S/C6H13NO2S/c1-6(2)4-5-10(8,9)7(6)3/h4-5H2,1-3H3. The van der Waals surface area contributed by atoms with E-state index in [1.54, 1.807) is 7.05 Å². The van der Waals surface area contributed by atoms with Crippen LogP contribution in [0.15, 0.2) is 0 Å². The Morgan fingerprint density at radius 1 is 1.40 bits per heavy atom. The molecule has 0 radical (unpaired) electrons. The van der Waals surface area contributed by atoms with Gasteiger partial charge in [0, 0.05) is 12.6 Å². The predicted molar refractivity (Wildman–Crippen MR) is 40.2 cm³/mol. The van der Waals surface area contributed by atoms with Crippen LogP contribution < -0.4 is 0 Å². The van der Waals surface area contributed by atoms with Crippen LogP contribution in [0.4, 0.5) is 0 Å². The molecule has 60 valence electrons. The SMILES string of the molecule is CN1C(C)(C)CCS1(=O)=O. The van der Waals surface area contributed by atoms with E-state index in [0.29, 0.717) is 5.75 Å². The summed E-state index contributed by atoms with van der Waals surface area (Å²) in [7, 11) is -1.26. The zero-order valence-electron chi connectivity index (χ0n) is 6.59. The highest BCUT2D eigenvalue weighted by atomic mass is 32.2. The molecule has 0 saturated carbocycles. The second-order valence-electron chi connectivity index (χ2n) is 3.35. The number of nitrogens with zero attached hydrogens (tertiary/aromatic N) is 1. The first-order valence-corrected chi connectivity index (χ1v) is 4.94. The minimum atomic E-state index is -2.90. The molecule has 0 N–H and O–H groups in total. The van der Waals surface area contributed by atoms with Gasteiger partial charge in [-0.3, -0.25) is 0 Å². The van der Waals surface area contributed by atoms with Crippen LogP contribution in [-0.2, 0) is 10.0 Å². The molecule has 1 fully saturated rings. The molecule has 0 aliphatic carbocycles. The fraction of sp³-hybridized carbons (Fsp3) is 1.00. The summed E-state index contributed by atoms with van der Waals surface area (Å²) in [5.74, 6) is 0.302. The van der Waals surface area contributed by atoms with Gasteiger partial charge in [-0.05, 0) is 20.3 Å². The van der Waals surface area contributed by atoms with Gasteiger partial charge in [-0.1, -0.05) is 0 Å². The molecule has 1 saturated heterocycles. The van der Waals surface area contributed by atoms with E-state index in [0.717, 1.165) is 6.42 Å². The lowest BCUT2D eigenvalue weighted by Gasteiger charge is -2.24. The van der Waals surface area contributed by atoms with Gasteiger partial charge in [-0.25, -0.2) is 8.42 Å². The van der Waals surface area contributed by atoms with Crippen molar-refractivity contribution in [2.45, 2.75) is 25.8 Å². The third kappa shape index (κ3) is 1.06. The van der Waals surface area contributed by atoms with Gasteiger partial charge in [-0.2, -0.15) is 4.31 Å². The monoisotopic (exact) mass is 163 g/mol. The molecule has 0 spiro atoms. The molecule has 3 nitrogen and oxygen atoms in total. The molecule has 0 atom stereocenters. The minimum Gasteiger partial charge on any atom is -0.212 e. The third-order valence-corrected chi connectivity index (χ3v) is 4.29. The number of hydrogen-bond donors (Lipinski definition) is 0. The number of rotatable bonds is 0. The maximum atomic E-state index is 11.1. The fourth-order valence-electron chi connectivity index (χ4n) is 1.05. The second kappa shape index (κ2) is 1.95. The topological polar surface area (TPSA) is 37.4 Å². The summed E-state index contributed by atoms with van der Waals surface area (Å²) in [6, 6.07) is 0. The lowest BCUT2D eigenvalue weighted by Crippen LogP contribution is -2.36. The van der Waals surface area contributed by atoms with Crippen molar-refractivity contribution >= 4 is 10.0 Å². The fourth-order valence-corrected chi connectivity index (χ4v) is 2.93. The van der Waals surface area contributed by atoms with E-state index in [1.807, 2.05) is 13.8 Å². The quantitative estimate of drug-likeness (QED) is 0.519. The van der Waals surface area contributed by atoms with Crippen molar-refractivity contribution in [3.05, 3.63) is 0 Å². The van der Waals surface area contributed by atoms with Gasteiger partial charge < -0.3 is 0 Å². The molecule has 0 bridgehead atoms. The Hall–Kier alpha value is -0.0900. The van der Waals surface area contributed by atoms with Crippen LogP contribution in [0.25, 0.3) is 0 Å². The van der Waals surface area contributed by atoms with E-state index in [2.05, 4.69) is 0 Å². The molecule has 10 heavy (non-hydrogen) atoms. The summed E-state index contributed by atoms with van der Waals surface area (Å²) in [5.41, 5.74) is -0.168. The first kappa shape index (κ1) is 8.01. The van der Waals surface area contributed by atoms with Gasteiger partial charge >= 0.3 is 0 Å². The number of hydrogen-bond acceptors (Lipinski definition) is 2. The summed E-state index contributed by atoms with van der Waals surface area (Å²) >= 11 is 0. The predicted octanol–water partition coefficient (Wildman–Crippen LogP) is 0.430. The maximum absolute atomic E-state index is 11.1. The number of sulfonamides is 1. The molecule has 1 rings (SSSR count). The average molecular weight is 163 g/mol. The Balaban J connectivity index is 2.99. The highest BCUT2D eigenvalue weighted by molar-refractivity contribution is 7.89. The first-order valence-electron chi connectivity index (χ1n) is 3.33. The Labute approximate surface area is 62.1 Å². The largest absolute Gasteiger partial charge is 0.214 e. The summed E-state index contributed by atoms with van der Waals surface area (Å²) < 4.78 is 23.7. The molecule has 0 amide bonds. The van der Waals surface area contributed by atoms with Crippen molar-refractivity contribution in [1.82, 2.24) is 4.31 Å². The summed E-state index contributed by atoms with van der Waals surface area (Å²) in [6.07, 6.45) is 0.742. The molecule has 0 aromatic rings. The maximum Gasteiger partial charge on any atom is 0.214 e. The molecule has 1 heterocycles. The van der Waals surface area contributed by atoms with Crippen LogP contribution in [0, 0.1) is 0 Å². The van der Waals surface area contributed by atoms with Gasteiger partial charge in [0.2, 0.25) is 10.0 Å². The minimum absolute atomic E-state index is 0.168. The highest BCUT2D eigenvalue weighted by Crippen LogP contribution is 2.28. The molecular formula is C6H13NO2S. The third-order valence-electron chi connectivity index (χ3n) is 2.24. The smallest absolute Gasteiger partial charge is 0.212 e. The molecule has 0 aromatic heterocycles. The first-order chi connectivity index (χ1) is 4.36. The van der Waals surface area contributed by atoms with Crippen molar-refractivity contribution in [3.63, 3.8) is 0 Å². The van der Waals surface area contributed by atoms with Gasteiger partial charge in [0.05, 0.1) is 5.75 Å². The van der Waals surface area contributed by atoms with E-state index < -0.39 is 10.0 Å².